The van der Waals surface area contributed by atoms with Crippen LogP contribution in [0.1, 0.15) is 29.5 Å². The van der Waals surface area contributed by atoms with Gasteiger partial charge in [0.1, 0.15) is 18.2 Å². The van der Waals surface area contributed by atoms with E-state index < -0.39 is 0 Å². The van der Waals surface area contributed by atoms with Gasteiger partial charge in [-0.05, 0) is 43.0 Å². The normalized spacial score (nSPS) is 14.2. The van der Waals surface area contributed by atoms with Crippen molar-refractivity contribution in [1.82, 2.24) is 5.32 Å². The van der Waals surface area contributed by atoms with Crippen molar-refractivity contribution in [2.45, 2.75) is 39.0 Å². The van der Waals surface area contributed by atoms with E-state index in [1.54, 1.807) is 6.07 Å². The van der Waals surface area contributed by atoms with Gasteiger partial charge >= 0.3 is 0 Å². The van der Waals surface area contributed by atoms with E-state index in [2.05, 4.69) is 11.4 Å². The monoisotopic (exact) mass is 285 g/mol. The van der Waals surface area contributed by atoms with Crippen molar-refractivity contribution in [3.63, 3.8) is 0 Å². The Bertz CT molecular complexity index is 622. The first-order valence-electron chi connectivity index (χ1n) is 7.41. The average Bonchev–Trinajstić information content (AvgIpc) is 3.28. The molecule has 0 radical (unpaired) electrons. The number of para-hydroxylation sites is 1. The molecule has 2 nitrogen and oxygen atoms in total. The van der Waals surface area contributed by atoms with Gasteiger partial charge in [-0.15, -0.1) is 0 Å². The molecule has 0 spiro atoms. The molecule has 0 unspecified atom stereocenters. The van der Waals surface area contributed by atoms with Crippen molar-refractivity contribution in [3.05, 3.63) is 65.0 Å². The fourth-order valence-electron chi connectivity index (χ4n) is 2.38. The second kappa shape index (κ2) is 6.27. The van der Waals surface area contributed by atoms with Gasteiger partial charge in [0.25, 0.3) is 0 Å². The van der Waals surface area contributed by atoms with Crippen molar-refractivity contribution in [2.75, 3.05) is 0 Å². The van der Waals surface area contributed by atoms with Crippen molar-refractivity contribution in [2.24, 2.45) is 0 Å². The zero-order valence-corrected chi connectivity index (χ0v) is 12.2. The van der Waals surface area contributed by atoms with Gasteiger partial charge < -0.3 is 10.1 Å². The van der Waals surface area contributed by atoms with Crippen molar-refractivity contribution in [3.8, 4) is 5.75 Å². The maximum Gasteiger partial charge on any atom is 0.127 e. The Morgan fingerprint density at radius 2 is 2.00 bits per heavy atom. The van der Waals surface area contributed by atoms with Crippen molar-refractivity contribution >= 4 is 0 Å². The minimum Gasteiger partial charge on any atom is -0.488 e. The highest BCUT2D eigenvalue weighted by Crippen LogP contribution is 2.26. The minimum absolute atomic E-state index is 0.225. The third kappa shape index (κ3) is 3.82. The van der Waals surface area contributed by atoms with Gasteiger partial charge in [-0.25, -0.2) is 4.39 Å². The van der Waals surface area contributed by atoms with E-state index >= 15 is 0 Å². The van der Waals surface area contributed by atoms with Gasteiger partial charge in [-0.1, -0.05) is 30.3 Å². The van der Waals surface area contributed by atoms with Crippen LogP contribution >= 0.6 is 0 Å². The summed E-state index contributed by atoms with van der Waals surface area (Å²) in [6.45, 7) is 3.26. The predicted molar refractivity (Wildman–Crippen MR) is 81.8 cm³/mol. The first kappa shape index (κ1) is 14.1. The summed E-state index contributed by atoms with van der Waals surface area (Å²) in [7, 11) is 0. The summed E-state index contributed by atoms with van der Waals surface area (Å²) in [5.74, 6) is 0.686. The maximum atomic E-state index is 13.2. The predicted octanol–water partition coefficient (Wildman–Crippen LogP) is 3.97. The van der Waals surface area contributed by atoms with Crippen LogP contribution in [0.3, 0.4) is 0 Å². The van der Waals surface area contributed by atoms with E-state index in [9.17, 15) is 4.39 Å². The van der Waals surface area contributed by atoms with Crippen LogP contribution in [0.2, 0.25) is 0 Å². The fraction of sp³-hybridized carbons (Fsp3) is 0.333. The Kier molecular flexibility index (Phi) is 4.20. The third-order valence-corrected chi connectivity index (χ3v) is 3.72. The molecule has 0 heterocycles. The van der Waals surface area contributed by atoms with E-state index in [1.165, 1.54) is 30.5 Å². The van der Waals surface area contributed by atoms with Gasteiger partial charge in [0, 0.05) is 18.2 Å². The van der Waals surface area contributed by atoms with Gasteiger partial charge in [-0.3, -0.25) is 0 Å². The van der Waals surface area contributed by atoms with Crippen LogP contribution in [0, 0.1) is 12.7 Å². The summed E-state index contributed by atoms with van der Waals surface area (Å²) in [5, 5.41) is 3.51. The molecule has 0 aliphatic heterocycles. The van der Waals surface area contributed by atoms with E-state index in [1.807, 2.05) is 25.1 Å². The van der Waals surface area contributed by atoms with E-state index in [4.69, 9.17) is 4.74 Å². The summed E-state index contributed by atoms with van der Waals surface area (Å²) in [6.07, 6.45) is 2.54. The first-order chi connectivity index (χ1) is 10.2. The molecule has 0 amide bonds. The number of nitrogens with one attached hydrogen (secondary N) is 1. The third-order valence-electron chi connectivity index (χ3n) is 3.72. The van der Waals surface area contributed by atoms with Crippen LogP contribution in [0.5, 0.6) is 5.75 Å². The molecule has 2 aromatic rings. The summed E-state index contributed by atoms with van der Waals surface area (Å²) in [6, 6.07) is 13.4. The van der Waals surface area contributed by atoms with E-state index in [0.29, 0.717) is 12.6 Å². The largest absolute Gasteiger partial charge is 0.488 e. The molecule has 3 heteroatoms. The number of rotatable bonds is 6. The number of benzene rings is 2. The van der Waals surface area contributed by atoms with Gasteiger partial charge in [-0.2, -0.15) is 0 Å². The average molecular weight is 285 g/mol. The zero-order valence-electron chi connectivity index (χ0n) is 12.2. The fourth-order valence-corrected chi connectivity index (χ4v) is 2.38. The number of ether oxygens (including phenoxy) is 1. The van der Waals surface area contributed by atoms with Crippen LogP contribution < -0.4 is 10.1 Å². The highest BCUT2D eigenvalue weighted by atomic mass is 19.1. The van der Waals surface area contributed by atoms with Gasteiger partial charge in [0.05, 0.1) is 0 Å². The molecule has 1 aliphatic carbocycles. The second-order valence-electron chi connectivity index (χ2n) is 5.64. The molecule has 0 aromatic heterocycles. The van der Waals surface area contributed by atoms with Crippen molar-refractivity contribution < 1.29 is 9.13 Å². The highest BCUT2D eigenvalue weighted by Gasteiger charge is 2.20. The number of halogens is 1. The Morgan fingerprint density at radius 3 is 2.76 bits per heavy atom. The molecular formula is C18H20FNO. The van der Waals surface area contributed by atoms with Crippen molar-refractivity contribution in [1.29, 1.82) is 0 Å². The molecule has 1 aliphatic rings. The number of hydrogen-bond donors (Lipinski definition) is 1. The molecule has 2 aromatic carbocycles. The topological polar surface area (TPSA) is 21.3 Å². The lowest BCUT2D eigenvalue weighted by atomic mass is 10.1. The Balaban J connectivity index is 1.70. The summed E-state index contributed by atoms with van der Waals surface area (Å²) >= 11 is 0. The van der Waals surface area contributed by atoms with Crippen LogP contribution in [0.15, 0.2) is 42.5 Å². The van der Waals surface area contributed by atoms with Crippen LogP contribution in [-0.2, 0) is 13.2 Å². The second-order valence-corrected chi connectivity index (χ2v) is 5.64. The van der Waals surface area contributed by atoms with Gasteiger partial charge in [0.2, 0.25) is 0 Å². The standard InChI is InChI=1S/C18H20FNO/c1-13-4-2-6-15(11-20-17-8-9-17)18(13)21-12-14-5-3-7-16(19)10-14/h2-7,10,17,20H,8-9,11-12H2,1H3. The SMILES string of the molecule is Cc1cccc(CNC2CC2)c1OCc1cccc(F)c1. The quantitative estimate of drug-likeness (QED) is 0.867. The molecule has 0 atom stereocenters. The molecule has 0 bridgehead atoms. The maximum absolute atomic E-state index is 13.2. The smallest absolute Gasteiger partial charge is 0.127 e. The number of hydrogen-bond acceptors (Lipinski definition) is 2. The summed E-state index contributed by atoms with van der Waals surface area (Å²) in [4.78, 5) is 0. The summed E-state index contributed by atoms with van der Waals surface area (Å²) in [5.41, 5.74) is 3.12. The van der Waals surface area contributed by atoms with Crippen LogP contribution in [0.25, 0.3) is 0 Å². The molecule has 110 valence electrons. The highest BCUT2D eigenvalue weighted by molar-refractivity contribution is 5.41. The lowest BCUT2D eigenvalue weighted by Gasteiger charge is -2.15. The van der Waals surface area contributed by atoms with E-state index in [-0.39, 0.29) is 5.82 Å². The van der Waals surface area contributed by atoms with Gasteiger partial charge in [0.15, 0.2) is 0 Å². The lowest BCUT2D eigenvalue weighted by Crippen LogP contribution is -2.16. The Labute approximate surface area is 125 Å². The zero-order chi connectivity index (χ0) is 14.7. The molecule has 1 saturated carbocycles. The molecular weight excluding hydrogens is 265 g/mol. The summed E-state index contributed by atoms with van der Waals surface area (Å²) < 4.78 is 19.2. The minimum atomic E-state index is -0.225. The Hall–Kier alpha value is -1.87. The molecule has 1 fully saturated rings. The molecule has 1 N–H and O–H groups in total. The van der Waals surface area contributed by atoms with E-state index in [0.717, 1.165) is 23.4 Å². The molecule has 21 heavy (non-hydrogen) atoms. The van der Waals surface area contributed by atoms with Crippen LogP contribution in [-0.4, -0.2) is 6.04 Å². The molecule has 3 rings (SSSR count). The Morgan fingerprint density at radius 1 is 1.19 bits per heavy atom. The lowest BCUT2D eigenvalue weighted by molar-refractivity contribution is 0.299. The van der Waals surface area contributed by atoms with Crippen LogP contribution in [0.4, 0.5) is 4.39 Å². The molecule has 0 saturated heterocycles. The number of aryl methyl sites for hydroxylation is 1. The first-order valence-corrected chi connectivity index (χ1v) is 7.41.